The van der Waals surface area contributed by atoms with E-state index in [0.29, 0.717) is 12.0 Å². The number of hydrogen-bond acceptors (Lipinski definition) is 1. The van der Waals surface area contributed by atoms with Gasteiger partial charge in [-0.15, -0.1) is 0 Å². The monoisotopic (exact) mass is 229 g/mol. The van der Waals surface area contributed by atoms with Crippen molar-refractivity contribution in [3.8, 4) is 0 Å². The molecule has 0 spiro atoms. The molecule has 0 amide bonds. The number of carboxylic acid groups (broad SMARTS) is 1. The van der Waals surface area contributed by atoms with Gasteiger partial charge in [-0.05, 0) is 25.5 Å². The van der Waals surface area contributed by atoms with Crippen LogP contribution in [0, 0.1) is 13.8 Å². The number of aryl methyl sites for hydroxylation is 2. The SMILES string of the molecule is Cc1cc(C)cc(Cc2[nH]ccc2C(=O)O)c1. The van der Waals surface area contributed by atoms with Crippen LogP contribution in [0.4, 0.5) is 0 Å². The third-order valence-corrected chi connectivity index (χ3v) is 2.73. The molecule has 0 saturated heterocycles. The first-order chi connectivity index (χ1) is 8.06. The Morgan fingerprint density at radius 2 is 1.88 bits per heavy atom. The minimum Gasteiger partial charge on any atom is -0.478 e. The van der Waals surface area contributed by atoms with Gasteiger partial charge in [0.15, 0.2) is 0 Å². The molecule has 0 fully saturated rings. The van der Waals surface area contributed by atoms with Crippen LogP contribution in [0.1, 0.15) is 32.7 Å². The van der Waals surface area contributed by atoms with Gasteiger partial charge in [0.05, 0.1) is 5.56 Å². The highest BCUT2D eigenvalue weighted by Gasteiger charge is 2.11. The smallest absolute Gasteiger partial charge is 0.337 e. The largest absolute Gasteiger partial charge is 0.478 e. The van der Waals surface area contributed by atoms with Crippen molar-refractivity contribution in [1.82, 2.24) is 4.98 Å². The summed E-state index contributed by atoms with van der Waals surface area (Å²) in [6, 6.07) is 7.87. The maximum absolute atomic E-state index is 11.0. The molecule has 2 N–H and O–H groups in total. The fourth-order valence-corrected chi connectivity index (χ4v) is 2.13. The molecule has 2 aromatic rings. The summed E-state index contributed by atoms with van der Waals surface area (Å²) in [5.41, 5.74) is 4.63. The molecule has 0 unspecified atom stereocenters. The lowest BCUT2D eigenvalue weighted by Gasteiger charge is -2.05. The highest BCUT2D eigenvalue weighted by molar-refractivity contribution is 5.89. The lowest BCUT2D eigenvalue weighted by molar-refractivity contribution is 0.0696. The van der Waals surface area contributed by atoms with E-state index < -0.39 is 5.97 Å². The molecule has 88 valence electrons. The number of H-pyrrole nitrogens is 1. The first-order valence-corrected chi connectivity index (χ1v) is 5.53. The molecule has 1 heterocycles. The first kappa shape index (κ1) is 11.5. The number of aromatic carboxylic acids is 1. The Labute approximate surface area is 100 Å². The minimum absolute atomic E-state index is 0.351. The highest BCUT2D eigenvalue weighted by Crippen LogP contribution is 2.15. The van der Waals surface area contributed by atoms with Crippen LogP contribution < -0.4 is 0 Å². The van der Waals surface area contributed by atoms with Crippen molar-refractivity contribution in [1.29, 1.82) is 0 Å². The van der Waals surface area contributed by atoms with Crippen LogP contribution in [0.25, 0.3) is 0 Å². The van der Waals surface area contributed by atoms with Crippen molar-refractivity contribution in [2.45, 2.75) is 20.3 Å². The fourth-order valence-electron chi connectivity index (χ4n) is 2.13. The van der Waals surface area contributed by atoms with Crippen LogP contribution in [-0.4, -0.2) is 16.1 Å². The predicted molar refractivity (Wildman–Crippen MR) is 66.5 cm³/mol. The molecule has 0 saturated carbocycles. The predicted octanol–water partition coefficient (Wildman–Crippen LogP) is 2.92. The second kappa shape index (κ2) is 4.45. The highest BCUT2D eigenvalue weighted by atomic mass is 16.4. The van der Waals surface area contributed by atoms with Crippen LogP contribution in [-0.2, 0) is 6.42 Å². The molecule has 17 heavy (non-hydrogen) atoms. The second-order valence-corrected chi connectivity index (χ2v) is 4.35. The number of aromatic nitrogens is 1. The Bertz CT molecular complexity index is 535. The van der Waals surface area contributed by atoms with E-state index in [1.807, 2.05) is 13.8 Å². The van der Waals surface area contributed by atoms with Crippen LogP contribution in [0.5, 0.6) is 0 Å². The van der Waals surface area contributed by atoms with Crippen LogP contribution in [0.2, 0.25) is 0 Å². The third kappa shape index (κ3) is 2.56. The van der Waals surface area contributed by atoms with Crippen LogP contribution in [0.15, 0.2) is 30.5 Å². The maximum Gasteiger partial charge on any atom is 0.337 e. The molecular weight excluding hydrogens is 214 g/mol. The maximum atomic E-state index is 11.0. The molecular formula is C14H15NO2. The molecule has 0 aliphatic rings. The standard InChI is InChI=1S/C14H15NO2/c1-9-5-10(2)7-11(6-9)8-13-12(14(16)17)3-4-15-13/h3-7,15H,8H2,1-2H3,(H,16,17). The van der Waals surface area contributed by atoms with Gasteiger partial charge in [-0.2, -0.15) is 0 Å². The van der Waals surface area contributed by atoms with Gasteiger partial charge in [0, 0.05) is 18.3 Å². The van der Waals surface area contributed by atoms with E-state index in [0.717, 1.165) is 11.3 Å². The van der Waals surface area contributed by atoms with Crippen LogP contribution >= 0.6 is 0 Å². The van der Waals surface area contributed by atoms with Gasteiger partial charge in [0.25, 0.3) is 0 Å². The summed E-state index contributed by atoms with van der Waals surface area (Å²) >= 11 is 0. The Morgan fingerprint density at radius 3 is 2.47 bits per heavy atom. The summed E-state index contributed by atoms with van der Waals surface area (Å²) < 4.78 is 0. The Balaban J connectivity index is 2.31. The first-order valence-electron chi connectivity index (χ1n) is 5.53. The van der Waals surface area contributed by atoms with Crippen molar-refractivity contribution in [2.24, 2.45) is 0 Å². The number of rotatable bonds is 3. The molecule has 0 radical (unpaired) electrons. The van der Waals surface area contributed by atoms with E-state index in [-0.39, 0.29) is 0 Å². The molecule has 3 heteroatoms. The van der Waals surface area contributed by atoms with Crippen molar-refractivity contribution in [2.75, 3.05) is 0 Å². The second-order valence-electron chi connectivity index (χ2n) is 4.35. The summed E-state index contributed by atoms with van der Waals surface area (Å²) in [5, 5.41) is 9.02. The summed E-state index contributed by atoms with van der Waals surface area (Å²) in [7, 11) is 0. The van der Waals surface area contributed by atoms with E-state index in [2.05, 4.69) is 23.2 Å². The number of carbonyl (C=O) groups is 1. The van der Waals surface area contributed by atoms with Gasteiger partial charge >= 0.3 is 5.97 Å². The molecule has 0 aliphatic carbocycles. The zero-order valence-corrected chi connectivity index (χ0v) is 9.95. The zero-order chi connectivity index (χ0) is 12.4. The summed E-state index contributed by atoms with van der Waals surface area (Å²) in [6.45, 7) is 4.09. The molecule has 3 nitrogen and oxygen atoms in total. The number of carboxylic acids is 1. The molecule has 0 bridgehead atoms. The third-order valence-electron chi connectivity index (χ3n) is 2.73. The summed E-state index contributed by atoms with van der Waals surface area (Å²) in [6.07, 6.45) is 2.29. The van der Waals surface area contributed by atoms with Gasteiger partial charge in [-0.25, -0.2) is 4.79 Å². The Kier molecular flexibility index (Phi) is 3.00. The van der Waals surface area contributed by atoms with Gasteiger partial charge in [-0.3, -0.25) is 0 Å². The topological polar surface area (TPSA) is 53.1 Å². The number of hydrogen-bond donors (Lipinski definition) is 2. The molecule has 0 aliphatic heterocycles. The fraction of sp³-hybridized carbons (Fsp3) is 0.214. The van der Waals surface area contributed by atoms with Crippen molar-refractivity contribution in [3.63, 3.8) is 0 Å². The Hall–Kier alpha value is -2.03. The average molecular weight is 229 g/mol. The molecule has 1 aromatic heterocycles. The van der Waals surface area contributed by atoms with E-state index >= 15 is 0 Å². The minimum atomic E-state index is -0.884. The van der Waals surface area contributed by atoms with E-state index in [1.165, 1.54) is 11.1 Å². The summed E-state index contributed by atoms with van der Waals surface area (Å²) in [5.74, 6) is -0.884. The zero-order valence-electron chi connectivity index (χ0n) is 9.95. The van der Waals surface area contributed by atoms with Crippen molar-refractivity contribution < 1.29 is 9.90 Å². The van der Waals surface area contributed by atoms with Gasteiger partial charge in [0.1, 0.15) is 0 Å². The van der Waals surface area contributed by atoms with Gasteiger partial charge < -0.3 is 10.1 Å². The van der Waals surface area contributed by atoms with Crippen LogP contribution in [0.3, 0.4) is 0 Å². The van der Waals surface area contributed by atoms with E-state index in [9.17, 15) is 4.79 Å². The van der Waals surface area contributed by atoms with Gasteiger partial charge in [0.2, 0.25) is 0 Å². The van der Waals surface area contributed by atoms with E-state index in [4.69, 9.17) is 5.11 Å². The average Bonchev–Trinajstić information content (AvgIpc) is 2.63. The summed E-state index contributed by atoms with van der Waals surface area (Å²) in [4.78, 5) is 14.0. The Morgan fingerprint density at radius 1 is 1.24 bits per heavy atom. The lowest BCUT2D eigenvalue weighted by atomic mass is 10.0. The number of nitrogens with one attached hydrogen (secondary N) is 1. The quantitative estimate of drug-likeness (QED) is 0.850. The van der Waals surface area contributed by atoms with E-state index in [1.54, 1.807) is 12.3 Å². The van der Waals surface area contributed by atoms with Gasteiger partial charge in [-0.1, -0.05) is 29.3 Å². The lowest BCUT2D eigenvalue weighted by Crippen LogP contribution is -2.01. The molecule has 0 atom stereocenters. The van der Waals surface area contributed by atoms with Crippen molar-refractivity contribution in [3.05, 3.63) is 58.4 Å². The normalized spacial score (nSPS) is 10.5. The number of aromatic amines is 1. The number of benzene rings is 1. The van der Waals surface area contributed by atoms with Crippen molar-refractivity contribution >= 4 is 5.97 Å². The molecule has 2 rings (SSSR count). The molecule has 1 aromatic carbocycles.